The van der Waals surface area contributed by atoms with Crippen molar-refractivity contribution in [1.29, 1.82) is 0 Å². The lowest BCUT2D eigenvalue weighted by atomic mass is 10.2. The molecule has 2 aromatic heterocycles. The van der Waals surface area contributed by atoms with E-state index in [-0.39, 0.29) is 27.4 Å². The highest BCUT2D eigenvalue weighted by atomic mass is 79.9. The predicted molar refractivity (Wildman–Crippen MR) is 83.2 cm³/mol. The van der Waals surface area contributed by atoms with E-state index in [1.807, 2.05) is 0 Å². The van der Waals surface area contributed by atoms with Crippen molar-refractivity contribution < 1.29 is 4.92 Å². The Bertz CT molecular complexity index is 792. The summed E-state index contributed by atoms with van der Waals surface area (Å²) in [4.78, 5) is 26.6. The highest BCUT2D eigenvalue weighted by Crippen LogP contribution is 2.23. The molecule has 0 bridgehead atoms. The number of hydrogen-bond donors (Lipinski definition) is 0. The number of nitro groups is 1. The maximum Gasteiger partial charge on any atom is 0.289 e. The van der Waals surface area contributed by atoms with Gasteiger partial charge >= 0.3 is 0 Å². The van der Waals surface area contributed by atoms with E-state index in [4.69, 9.17) is 23.2 Å². The summed E-state index contributed by atoms with van der Waals surface area (Å²) < 4.78 is 1.30. The van der Waals surface area contributed by atoms with Crippen molar-refractivity contribution in [2.45, 2.75) is 13.5 Å². The highest BCUT2D eigenvalue weighted by Gasteiger charge is 2.19. The number of rotatable bonds is 3. The van der Waals surface area contributed by atoms with Crippen molar-refractivity contribution in [3.8, 4) is 0 Å². The van der Waals surface area contributed by atoms with Crippen LogP contribution in [-0.2, 0) is 6.54 Å². The van der Waals surface area contributed by atoms with E-state index in [0.717, 1.165) is 0 Å². The topological polar surface area (TPSA) is 78.0 Å². The van der Waals surface area contributed by atoms with Gasteiger partial charge in [-0.25, -0.2) is 4.98 Å². The first-order valence-electron chi connectivity index (χ1n) is 5.66. The van der Waals surface area contributed by atoms with E-state index >= 15 is 0 Å². The fourth-order valence-electron chi connectivity index (χ4n) is 1.73. The van der Waals surface area contributed by atoms with Crippen molar-refractivity contribution >= 4 is 44.8 Å². The van der Waals surface area contributed by atoms with Gasteiger partial charge in [-0.2, -0.15) is 0 Å². The quantitative estimate of drug-likeness (QED) is 0.454. The first kappa shape index (κ1) is 15.9. The molecule has 0 aliphatic carbocycles. The molecule has 0 spiro atoms. The van der Waals surface area contributed by atoms with Gasteiger partial charge in [0.1, 0.15) is 5.15 Å². The predicted octanol–water partition coefficient (Wildman–Crippen LogP) is 3.58. The molecule has 2 heterocycles. The van der Waals surface area contributed by atoms with E-state index in [0.29, 0.717) is 10.7 Å². The summed E-state index contributed by atoms with van der Waals surface area (Å²) in [5.74, 6) is 0. The third-order valence-electron chi connectivity index (χ3n) is 2.84. The molecule has 2 rings (SSSR count). The van der Waals surface area contributed by atoms with Gasteiger partial charge < -0.3 is 4.57 Å². The van der Waals surface area contributed by atoms with Gasteiger partial charge in [0, 0.05) is 5.56 Å². The largest absolute Gasteiger partial charge is 0.302 e. The molecule has 0 aromatic carbocycles. The minimum absolute atomic E-state index is 0.0159. The number of pyridine rings is 2. The van der Waals surface area contributed by atoms with Crippen molar-refractivity contribution in [3.63, 3.8) is 0 Å². The summed E-state index contributed by atoms with van der Waals surface area (Å²) in [7, 11) is 0. The average molecular weight is 393 g/mol. The van der Waals surface area contributed by atoms with E-state index in [9.17, 15) is 14.9 Å². The number of aromatic nitrogens is 2. The van der Waals surface area contributed by atoms with Gasteiger partial charge in [0.2, 0.25) is 0 Å². The van der Waals surface area contributed by atoms with Gasteiger partial charge in [-0.05, 0) is 35.0 Å². The van der Waals surface area contributed by atoms with Crippen molar-refractivity contribution in [1.82, 2.24) is 9.55 Å². The number of hydrogen-bond acceptors (Lipinski definition) is 4. The molecule has 0 atom stereocenters. The third-order valence-corrected chi connectivity index (χ3v) is 4.33. The van der Waals surface area contributed by atoms with E-state index < -0.39 is 10.5 Å². The fraction of sp³-hybridized carbons (Fsp3) is 0.167. The van der Waals surface area contributed by atoms with Crippen LogP contribution < -0.4 is 5.56 Å². The van der Waals surface area contributed by atoms with Crippen LogP contribution >= 0.6 is 39.1 Å². The van der Waals surface area contributed by atoms with Crippen molar-refractivity contribution in [2.75, 3.05) is 0 Å². The molecule has 0 aliphatic heterocycles. The SMILES string of the molecule is Cc1c([N+](=O)[O-])cn(Cc2nc(Cl)ccc2Cl)c(=O)c1Br. The number of halogens is 3. The molecule has 0 unspecified atom stereocenters. The Kier molecular flexibility index (Phi) is 4.65. The summed E-state index contributed by atoms with van der Waals surface area (Å²) in [5.41, 5.74) is 0.0540. The average Bonchev–Trinajstić information content (AvgIpc) is 2.43. The molecule has 0 amide bonds. The Morgan fingerprint density at radius 3 is 2.71 bits per heavy atom. The van der Waals surface area contributed by atoms with Gasteiger partial charge in [0.15, 0.2) is 0 Å². The van der Waals surface area contributed by atoms with E-state index in [1.165, 1.54) is 23.8 Å². The molecule has 9 heteroatoms. The Hall–Kier alpha value is -1.44. The number of nitrogens with zero attached hydrogens (tertiary/aromatic N) is 3. The summed E-state index contributed by atoms with van der Waals surface area (Å²) in [6.07, 6.45) is 1.17. The zero-order valence-corrected chi connectivity index (χ0v) is 13.7. The Balaban J connectivity index is 2.57. The summed E-state index contributed by atoms with van der Waals surface area (Å²) in [6, 6.07) is 3.07. The minimum atomic E-state index is -0.553. The molecule has 0 radical (unpaired) electrons. The van der Waals surface area contributed by atoms with Gasteiger partial charge in [-0.1, -0.05) is 23.2 Å². The normalized spacial score (nSPS) is 10.7. The van der Waals surface area contributed by atoms with Gasteiger partial charge in [-0.3, -0.25) is 14.9 Å². The third kappa shape index (κ3) is 3.25. The Morgan fingerprint density at radius 1 is 1.43 bits per heavy atom. The van der Waals surface area contributed by atoms with Crippen LogP contribution in [0.5, 0.6) is 0 Å². The van der Waals surface area contributed by atoms with Crippen LogP contribution in [0.3, 0.4) is 0 Å². The molecule has 21 heavy (non-hydrogen) atoms. The second-order valence-corrected chi connectivity index (χ2v) is 5.79. The van der Waals surface area contributed by atoms with Crippen LogP contribution in [0.15, 0.2) is 27.6 Å². The summed E-state index contributed by atoms with van der Waals surface area (Å²) in [6.45, 7) is 1.48. The molecular formula is C12H8BrCl2N3O3. The summed E-state index contributed by atoms with van der Waals surface area (Å²) >= 11 is 14.9. The van der Waals surface area contributed by atoms with Gasteiger partial charge in [-0.15, -0.1) is 0 Å². The zero-order valence-electron chi connectivity index (χ0n) is 10.6. The Morgan fingerprint density at radius 2 is 2.10 bits per heavy atom. The van der Waals surface area contributed by atoms with Crippen LogP contribution in [0.2, 0.25) is 10.2 Å². The fourth-order valence-corrected chi connectivity index (χ4v) is 2.49. The maximum absolute atomic E-state index is 12.2. The first-order chi connectivity index (χ1) is 9.81. The first-order valence-corrected chi connectivity index (χ1v) is 7.21. The second kappa shape index (κ2) is 6.13. The second-order valence-electron chi connectivity index (χ2n) is 4.21. The van der Waals surface area contributed by atoms with Crippen molar-refractivity contribution in [3.05, 3.63) is 64.7 Å². The molecule has 0 fully saturated rings. The Labute approximate surface area is 137 Å². The van der Waals surface area contributed by atoms with E-state index in [1.54, 1.807) is 6.07 Å². The molecule has 0 saturated carbocycles. The molecular weight excluding hydrogens is 385 g/mol. The van der Waals surface area contributed by atoms with Crippen LogP contribution in [0, 0.1) is 17.0 Å². The van der Waals surface area contributed by atoms with Gasteiger partial charge in [0.05, 0.1) is 32.9 Å². The van der Waals surface area contributed by atoms with E-state index in [2.05, 4.69) is 20.9 Å². The highest BCUT2D eigenvalue weighted by molar-refractivity contribution is 9.10. The molecule has 0 N–H and O–H groups in total. The lowest BCUT2D eigenvalue weighted by molar-refractivity contribution is -0.386. The van der Waals surface area contributed by atoms with Crippen LogP contribution in [0.4, 0.5) is 5.69 Å². The molecule has 2 aromatic rings. The molecule has 0 saturated heterocycles. The van der Waals surface area contributed by atoms with Crippen LogP contribution in [0.1, 0.15) is 11.3 Å². The van der Waals surface area contributed by atoms with Crippen LogP contribution in [-0.4, -0.2) is 14.5 Å². The van der Waals surface area contributed by atoms with Crippen molar-refractivity contribution in [2.24, 2.45) is 0 Å². The van der Waals surface area contributed by atoms with Crippen LogP contribution in [0.25, 0.3) is 0 Å². The lowest BCUT2D eigenvalue weighted by Gasteiger charge is -2.09. The zero-order chi connectivity index (χ0) is 15.7. The van der Waals surface area contributed by atoms with Gasteiger partial charge in [0.25, 0.3) is 11.2 Å². The standard InChI is InChI=1S/C12H8BrCl2N3O3/c1-6-9(18(20)21)5-17(12(19)11(6)13)4-8-7(14)2-3-10(15)16-8/h2-3,5H,4H2,1H3. The smallest absolute Gasteiger partial charge is 0.289 e. The maximum atomic E-state index is 12.2. The lowest BCUT2D eigenvalue weighted by Crippen LogP contribution is -2.23. The summed E-state index contributed by atoms with van der Waals surface area (Å²) in [5, 5.41) is 11.6. The minimum Gasteiger partial charge on any atom is -0.302 e. The monoisotopic (exact) mass is 391 g/mol. The molecule has 110 valence electrons. The molecule has 6 nitrogen and oxygen atoms in total. The molecule has 0 aliphatic rings.